The second-order valence-corrected chi connectivity index (χ2v) is 1.86. The van der Waals surface area contributed by atoms with Crippen molar-refractivity contribution in [1.82, 2.24) is 0 Å². The Morgan fingerprint density at radius 1 is 1.70 bits per heavy atom. The van der Waals surface area contributed by atoms with Crippen LogP contribution >= 0.6 is 12.6 Å². The van der Waals surface area contributed by atoms with Crippen LogP contribution < -0.4 is 0 Å². The van der Waals surface area contributed by atoms with Crippen LogP contribution in [0.2, 0.25) is 0 Å². The highest BCUT2D eigenvalue weighted by molar-refractivity contribution is 7.81. The maximum atomic E-state index is 10.4. The lowest BCUT2D eigenvalue weighted by atomic mass is 10.5. The number of rotatable bonds is 3. The molecule has 0 spiro atoms. The smallest absolute Gasteiger partial charge is 0.320 e. The van der Waals surface area contributed by atoms with Crippen molar-refractivity contribution in [2.75, 3.05) is 5.75 Å². The number of hydrogen-bond acceptors (Lipinski definition) is 4. The first-order valence-corrected chi connectivity index (χ1v) is 3.27. The van der Waals surface area contributed by atoms with Gasteiger partial charge in [0.2, 0.25) is 0 Å². The van der Waals surface area contributed by atoms with Gasteiger partial charge in [-0.25, -0.2) is 0 Å². The highest BCUT2D eigenvalue weighted by atomic mass is 32.1. The van der Waals surface area contributed by atoms with Crippen LogP contribution in [0, 0.1) is 0 Å². The summed E-state index contributed by atoms with van der Waals surface area (Å²) in [5.41, 5.74) is 0. The summed E-state index contributed by atoms with van der Waals surface area (Å²) in [4.78, 5) is 20.2. The molecule has 10 heavy (non-hydrogen) atoms. The number of allylic oxidation sites excluding steroid dienone is 2. The van der Waals surface area contributed by atoms with Gasteiger partial charge in [0.15, 0.2) is 0 Å². The Bertz CT molecular complexity index is 162. The molecule has 0 aromatic rings. The fourth-order valence-corrected chi connectivity index (χ4v) is 0.406. The summed E-state index contributed by atoms with van der Waals surface area (Å²) in [6.45, 7) is 1.52. The molecule has 0 saturated heterocycles. The molecule has 3 nitrogen and oxygen atoms in total. The van der Waals surface area contributed by atoms with E-state index in [2.05, 4.69) is 17.4 Å². The molecule has 4 heteroatoms. The van der Waals surface area contributed by atoms with Crippen molar-refractivity contribution in [1.29, 1.82) is 0 Å². The van der Waals surface area contributed by atoms with E-state index in [4.69, 9.17) is 0 Å². The average molecular weight is 160 g/mol. The molecule has 0 atom stereocenters. The molecule has 0 radical (unpaired) electrons. The lowest BCUT2D eigenvalue weighted by Crippen LogP contribution is -2.03. The minimum Gasteiger partial charge on any atom is -0.431 e. The van der Waals surface area contributed by atoms with Gasteiger partial charge in [-0.3, -0.25) is 9.59 Å². The monoisotopic (exact) mass is 160 g/mol. The van der Waals surface area contributed by atoms with Gasteiger partial charge < -0.3 is 4.74 Å². The summed E-state index contributed by atoms with van der Waals surface area (Å²) < 4.78 is 4.55. The van der Waals surface area contributed by atoms with E-state index in [0.29, 0.717) is 6.29 Å². The maximum Gasteiger partial charge on any atom is 0.320 e. The molecule has 0 amide bonds. The molecule has 0 saturated carbocycles. The Morgan fingerprint density at radius 2 is 2.30 bits per heavy atom. The van der Waals surface area contributed by atoms with Crippen molar-refractivity contribution in [2.45, 2.75) is 6.92 Å². The van der Waals surface area contributed by atoms with Gasteiger partial charge in [0.1, 0.15) is 12.0 Å². The van der Waals surface area contributed by atoms with Crippen LogP contribution in [0.5, 0.6) is 0 Å². The summed E-state index contributed by atoms with van der Waals surface area (Å²) in [5.74, 6) is -0.155. The number of esters is 1. The van der Waals surface area contributed by atoms with Crippen LogP contribution in [-0.4, -0.2) is 18.0 Å². The van der Waals surface area contributed by atoms with Gasteiger partial charge in [-0.2, -0.15) is 12.6 Å². The Labute approximate surface area is 64.5 Å². The third-order valence-corrected chi connectivity index (χ3v) is 0.965. The molecule has 56 valence electrons. The molecule has 0 aliphatic carbocycles. The molecule has 0 aromatic heterocycles. The SMILES string of the molecule is CC(=CC=O)OC(=O)CS. The first-order chi connectivity index (χ1) is 4.70. The minimum atomic E-state index is -0.459. The zero-order valence-electron chi connectivity index (χ0n) is 5.53. The quantitative estimate of drug-likeness (QED) is 0.216. The molecular weight excluding hydrogens is 152 g/mol. The second-order valence-electron chi connectivity index (χ2n) is 1.55. The van der Waals surface area contributed by atoms with E-state index in [0.717, 1.165) is 0 Å². The molecule has 0 heterocycles. The van der Waals surface area contributed by atoms with Gasteiger partial charge in [0.05, 0.1) is 5.75 Å². The molecule has 0 unspecified atom stereocenters. The van der Waals surface area contributed by atoms with Crippen LogP contribution in [0.4, 0.5) is 0 Å². The molecule has 0 aliphatic rings. The topological polar surface area (TPSA) is 43.4 Å². The van der Waals surface area contributed by atoms with Crippen molar-refractivity contribution in [3.63, 3.8) is 0 Å². The summed E-state index contributed by atoms with van der Waals surface area (Å²) in [7, 11) is 0. The number of aldehydes is 1. The highest BCUT2D eigenvalue weighted by Crippen LogP contribution is 1.94. The van der Waals surface area contributed by atoms with Gasteiger partial charge in [0, 0.05) is 6.08 Å². The van der Waals surface area contributed by atoms with Gasteiger partial charge in [-0.05, 0) is 6.92 Å². The molecule has 0 aromatic carbocycles. The van der Waals surface area contributed by atoms with E-state index in [-0.39, 0.29) is 11.5 Å². The molecular formula is C6H8O3S. The standard InChI is InChI=1S/C6H8O3S/c1-5(2-3-7)9-6(8)4-10/h2-3,10H,4H2,1H3. The lowest BCUT2D eigenvalue weighted by Gasteiger charge is -1.98. The van der Waals surface area contributed by atoms with Gasteiger partial charge in [0.25, 0.3) is 0 Å². The second kappa shape index (κ2) is 5.05. The lowest BCUT2D eigenvalue weighted by molar-refractivity contribution is -0.136. The minimum absolute atomic E-state index is 0.0179. The summed E-state index contributed by atoms with van der Waals surface area (Å²) in [5, 5.41) is 0. The average Bonchev–Trinajstić information content (AvgIpc) is 1.88. The predicted molar refractivity (Wildman–Crippen MR) is 39.8 cm³/mol. The van der Waals surface area contributed by atoms with Crippen molar-refractivity contribution >= 4 is 24.9 Å². The van der Waals surface area contributed by atoms with E-state index in [1.54, 1.807) is 0 Å². The number of carbonyl (C=O) groups excluding carboxylic acids is 2. The van der Waals surface area contributed by atoms with E-state index >= 15 is 0 Å². The first kappa shape index (κ1) is 9.23. The van der Waals surface area contributed by atoms with Crippen molar-refractivity contribution in [2.24, 2.45) is 0 Å². The number of hydrogen-bond donors (Lipinski definition) is 1. The fourth-order valence-electron chi connectivity index (χ4n) is 0.342. The van der Waals surface area contributed by atoms with Crippen LogP contribution in [0.15, 0.2) is 11.8 Å². The third-order valence-electron chi connectivity index (χ3n) is 0.707. The largest absolute Gasteiger partial charge is 0.431 e. The Morgan fingerprint density at radius 3 is 2.70 bits per heavy atom. The van der Waals surface area contributed by atoms with E-state index < -0.39 is 5.97 Å². The van der Waals surface area contributed by atoms with Crippen molar-refractivity contribution in [3.05, 3.63) is 11.8 Å². The Balaban J connectivity index is 3.78. The normalized spacial score (nSPS) is 10.8. The van der Waals surface area contributed by atoms with Crippen LogP contribution in [0.1, 0.15) is 6.92 Å². The van der Waals surface area contributed by atoms with Gasteiger partial charge >= 0.3 is 5.97 Å². The zero-order valence-corrected chi connectivity index (χ0v) is 6.43. The number of carbonyl (C=O) groups is 2. The summed E-state index contributed by atoms with van der Waals surface area (Å²) in [6.07, 6.45) is 1.72. The third kappa shape index (κ3) is 4.14. The number of thiol groups is 1. The van der Waals surface area contributed by atoms with Crippen molar-refractivity contribution in [3.8, 4) is 0 Å². The molecule has 0 N–H and O–H groups in total. The van der Waals surface area contributed by atoms with Gasteiger partial charge in [-0.1, -0.05) is 0 Å². The first-order valence-electron chi connectivity index (χ1n) is 2.64. The summed E-state index contributed by atoms with van der Waals surface area (Å²) >= 11 is 3.67. The fraction of sp³-hybridized carbons (Fsp3) is 0.333. The maximum absolute atomic E-state index is 10.4. The van der Waals surface area contributed by atoms with E-state index in [1.165, 1.54) is 13.0 Å². The van der Waals surface area contributed by atoms with Crippen LogP contribution in [-0.2, 0) is 14.3 Å². The van der Waals surface area contributed by atoms with Crippen molar-refractivity contribution < 1.29 is 14.3 Å². The van der Waals surface area contributed by atoms with Crippen LogP contribution in [0.3, 0.4) is 0 Å². The Hall–Kier alpha value is -0.770. The van der Waals surface area contributed by atoms with E-state index in [9.17, 15) is 9.59 Å². The Kier molecular flexibility index (Phi) is 4.66. The van der Waals surface area contributed by atoms with Gasteiger partial charge in [-0.15, -0.1) is 0 Å². The highest BCUT2D eigenvalue weighted by Gasteiger charge is 1.98. The number of ether oxygens (including phenoxy) is 1. The van der Waals surface area contributed by atoms with Crippen LogP contribution in [0.25, 0.3) is 0 Å². The molecule has 0 fully saturated rings. The molecule has 0 aliphatic heterocycles. The van der Waals surface area contributed by atoms with E-state index in [1.807, 2.05) is 0 Å². The molecule has 0 rings (SSSR count). The zero-order chi connectivity index (χ0) is 7.98. The molecule has 0 bridgehead atoms. The predicted octanol–water partition coefficient (Wildman–Crippen LogP) is 0.562. The summed E-state index contributed by atoms with van der Waals surface area (Å²) in [6, 6.07) is 0.